The minimum Gasteiger partial charge on any atom is -0.355 e. The number of rotatable bonds is 7. The Hall–Kier alpha value is -0.900. The van der Waals surface area contributed by atoms with E-state index >= 15 is 0 Å². The molecule has 0 amide bonds. The fraction of sp³-hybridized carbons (Fsp3) is 0.720. The first-order valence-corrected chi connectivity index (χ1v) is 12.1. The van der Waals surface area contributed by atoms with Gasteiger partial charge in [-0.2, -0.15) is 0 Å². The van der Waals surface area contributed by atoms with Crippen LogP contribution in [0.5, 0.6) is 0 Å². The van der Waals surface area contributed by atoms with Crippen LogP contribution in [-0.4, -0.2) is 92.1 Å². The highest BCUT2D eigenvalue weighted by molar-refractivity contribution is 14.0. The molecule has 0 bridgehead atoms. The summed E-state index contributed by atoms with van der Waals surface area (Å²) in [7, 11) is 4.11. The van der Waals surface area contributed by atoms with Crippen LogP contribution in [0.2, 0.25) is 0 Å². The van der Waals surface area contributed by atoms with Gasteiger partial charge in [-0.1, -0.05) is 44.2 Å². The fourth-order valence-corrected chi connectivity index (χ4v) is 4.93. The first kappa shape index (κ1) is 27.3. The summed E-state index contributed by atoms with van der Waals surface area (Å²) in [6.07, 6.45) is 2.31. The summed E-state index contributed by atoms with van der Waals surface area (Å²) in [5.74, 6) is 1.57. The van der Waals surface area contributed by atoms with Crippen LogP contribution in [0.15, 0.2) is 35.3 Å². The molecular formula is C25H45IN6. The molecule has 0 saturated carbocycles. The van der Waals surface area contributed by atoms with Gasteiger partial charge in [0.2, 0.25) is 0 Å². The first-order chi connectivity index (χ1) is 15.0. The second-order valence-electron chi connectivity index (χ2n) is 9.77. The normalized spacial score (nSPS) is 24.8. The van der Waals surface area contributed by atoms with Gasteiger partial charge in [-0.15, -0.1) is 24.0 Å². The number of halogens is 1. The molecule has 1 aromatic rings. The molecule has 3 unspecified atom stereocenters. The monoisotopic (exact) mass is 556 g/mol. The summed E-state index contributed by atoms with van der Waals surface area (Å²) < 4.78 is 0. The van der Waals surface area contributed by atoms with Crippen molar-refractivity contribution < 1.29 is 0 Å². The van der Waals surface area contributed by atoms with Crippen molar-refractivity contribution in [3.8, 4) is 0 Å². The molecule has 3 atom stereocenters. The van der Waals surface area contributed by atoms with Crippen molar-refractivity contribution in [2.75, 3.05) is 53.4 Å². The quantitative estimate of drug-likeness (QED) is 0.307. The number of benzene rings is 1. The van der Waals surface area contributed by atoms with Crippen LogP contribution < -0.4 is 10.6 Å². The number of nitrogens with zero attached hydrogens (tertiary/aromatic N) is 4. The van der Waals surface area contributed by atoms with Gasteiger partial charge in [0.05, 0.1) is 0 Å². The van der Waals surface area contributed by atoms with E-state index in [1.54, 1.807) is 0 Å². The number of likely N-dealkylation sites (N-methyl/N-ethyl adjacent to an activating group) is 1. The lowest BCUT2D eigenvalue weighted by molar-refractivity contribution is 0.0898. The first-order valence-electron chi connectivity index (χ1n) is 12.1. The number of hydrogen-bond donors (Lipinski definition) is 2. The van der Waals surface area contributed by atoms with E-state index in [4.69, 9.17) is 0 Å². The lowest BCUT2D eigenvalue weighted by Crippen LogP contribution is -2.56. The number of aliphatic imine (C=N–C) groups is 1. The molecule has 7 heteroatoms. The fourth-order valence-electron chi connectivity index (χ4n) is 4.93. The highest BCUT2D eigenvalue weighted by Crippen LogP contribution is 2.20. The Labute approximate surface area is 213 Å². The van der Waals surface area contributed by atoms with E-state index in [2.05, 4.69) is 88.5 Å². The van der Waals surface area contributed by atoms with Gasteiger partial charge in [0.25, 0.3) is 0 Å². The van der Waals surface area contributed by atoms with E-state index < -0.39 is 0 Å². The van der Waals surface area contributed by atoms with Crippen molar-refractivity contribution >= 4 is 29.9 Å². The van der Waals surface area contributed by atoms with Gasteiger partial charge in [-0.3, -0.25) is 14.8 Å². The Bertz CT molecular complexity index is 674. The van der Waals surface area contributed by atoms with Gasteiger partial charge in [0.15, 0.2) is 5.96 Å². The number of likely N-dealkylation sites (tertiary alicyclic amines) is 1. The van der Waals surface area contributed by atoms with E-state index in [9.17, 15) is 0 Å². The van der Waals surface area contributed by atoms with Crippen LogP contribution in [0.1, 0.15) is 39.2 Å². The van der Waals surface area contributed by atoms with E-state index in [-0.39, 0.29) is 24.0 Å². The Morgan fingerprint density at radius 1 is 1.09 bits per heavy atom. The van der Waals surface area contributed by atoms with Crippen LogP contribution in [-0.2, 0) is 6.54 Å². The molecule has 0 aromatic heterocycles. The Morgan fingerprint density at radius 3 is 2.38 bits per heavy atom. The summed E-state index contributed by atoms with van der Waals surface area (Å²) >= 11 is 0. The van der Waals surface area contributed by atoms with Gasteiger partial charge in [-0.25, -0.2) is 0 Å². The minimum absolute atomic E-state index is 0. The highest BCUT2D eigenvalue weighted by atomic mass is 127. The lowest BCUT2D eigenvalue weighted by Gasteiger charge is -2.40. The van der Waals surface area contributed by atoms with E-state index in [0.29, 0.717) is 24.0 Å². The van der Waals surface area contributed by atoms with Gasteiger partial charge < -0.3 is 15.5 Å². The third-order valence-corrected chi connectivity index (χ3v) is 7.06. The number of piperidine rings is 1. The summed E-state index contributed by atoms with van der Waals surface area (Å²) in [6, 6.07) is 12.4. The van der Waals surface area contributed by atoms with Crippen LogP contribution in [0.4, 0.5) is 0 Å². The molecule has 2 aliphatic heterocycles. The third kappa shape index (κ3) is 8.15. The minimum atomic E-state index is 0. The summed E-state index contributed by atoms with van der Waals surface area (Å²) in [6.45, 7) is 14.8. The average Bonchev–Trinajstić information content (AvgIpc) is 2.76. The molecule has 2 heterocycles. The molecule has 2 saturated heterocycles. The van der Waals surface area contributed by atoms with Crippen molar-refractivity contribution in [2.45, 2.75) is 58.3 Å². The topological polar surface area (TPSA) is 46.1 Å². The molecule has 1 aromatic carbocycles. The van der Waals surface area contributed by atoms with E-state index in [1.807, 2.05) is 7.05 Å². The largest absolute Gasteiger partial charge is 0.355 e. The maximum absolute atomic E-state index is 4.54. The molecule has 0 radical (unpaired) electrons. The number of piperazine rings is 1. The summed E-state index contributed by atoms with van der Waals surface area (Å²) in [5, 5.41) is 7.35. The van der Waals surface area contributed by atoms with Crippen LogP contribution in [0, 0.1) is 5.92 Å². The summed E-state index contributed by atoms with van der Waals surface area (Å²) in [5.41, 5.74) is 1.40. The van der Waals surface area contributed by atoms with Crippen molar-refractivity contribution in [1.29, 1.82) is 0 Å². The molecule has 6 nitrogen and oxygen atoms in total. The third-order valence-electron chi connectivity index (χ3n) is 7.06. The average molecular weight is 557 g/mol. The molecule has 0 spiro atoms. The predicted molar refractivity (Wildman–Crippen MR) is 147 cm³/mol. The van der Waals surface area contributed by atoms with Crippen LogP contribution in [0.25, 0.3) is 0 Å². The second kappa shape index (κ2) is 13.7. The van der Waals surface area contributed by atoms with Crippen LogP contribution >= 0.6 is 24.0 Å². The van der Waals surface area contributed by atoms with Crippen molar-refractivity contribution in [3.05, 3.63) is 35.9 Å². The lowest BCUT2D eigenvalue weighted by atomic mass is 9.97. The predicted octanol–water partition coefficient (Wildman–Crippen LogP) is 3.09. The Kier molecular flexibility index (Phi) is 11.7. The zero-order valence-corrected chi connectivity index (χ0v) is 23.1. The zero-order chi connectivity index (χ0) is 22.2. The number of guanidine groups is 1. The van der Waals surface area contributed by atoms with Gasteiger partial charge >= 0.3 is 0 Å². The molecule has 0 aliphatic carbocycles. The highest BCUT2D eigenvalue weighted by Gasteiger charge is 2.27. The molecule has 182 valence electrons. The number of hydrogen-bond acceptors (Lipinski definition) is 4. The maximum Gasteiger partial charge on any atom is 0.191 e. The molecule has 32 heavy (non-hydrogen) atoms. The zero-order valence-electron chi connectivity index (χ0n) is 20.8. The smallest absolute Gasteiger partial charge is 0.191 e. The van der Waals surface area contributed by atoms with E-state index in [1.165, 1.54) is 5.56 Å². The number of nitrogens with one attached hydrogen (secondary N) is 2. The Balaban J connectivity index is 0.00000363. The van der Waals surface area contributed by atoms with Crippen molar-refractivity contribution in [2.24, 2.45) is 10.9 Å². The second-order valence-corrected chi connectivity index (χ2v) is 9.77. The van der Waals surface area contributed by atoms with E-state index in [0.717, 1.165) is 64.6 Å². The molecule has 2 N–H and O–H groups in total. The SMILES string of the molecule is CN=C(NCC(C(C)C)N1CCN(C)CC1)NC1CCN(Cc2ccccc2)C(C)C1.I. The summed E-state index contributed by atoms with van der Waals surface area (Å²) in [4.78, 5) is 12.2. The standard InChI is InChI=1S/C25H44N6.HI/c1-20(2)24(30-15-13-29(5)14-16-30)18-27-25(26-4)28-23-11-12-31(21(3)17-23)19-22-9-7-6-8-10-22;/h6-10,20-21,23-24H,11-19H2,1-5H3,(H2,26,27,28);1H. The van der Waals surface area contributed by atoms with Gasteiger partial charge in [-0.05, 0) is 38.3 Å². The molecular weight excluding hydrogens is 511 g/mol. The maximum atomic E-state index is 4.54. The molecule has 2 aliphatic rings. The Morgan fingerprint density at radius 2 is 1.78 bits per heavy atom. The van der Waals surface area contributed by atoms with Crippen molar-refractivity contribution in [1.82, 2.24) is 25.3 Å². The molecule has 3 rings (SSSR count). The molecule has 2 fully saturated rings. The van der Waals surface area contributed by atoms with Gasteiger partial charge in [0, 0.05) is 71.0 Å². The van der Waals surface area contributed by atoms with Crippen molar-refractivity contribution in [3.63, 3.8) is 0 Å². The van der Waals surface area contributed by atoms with Gasteiger partial charge in [0.1, 0.15) is 0 Å². The van der Waals surface area contributed by atoms with Crippen LogP contribution in [0.3, 0.4) is 0 Å².